The normalized spacial score (nSPS) is 16.0. The molecule has 2 amide bonds. The molecule has 2 unspecified atom stereocenters. The van der Waals surface area contributed by atoms with Gasteiger partial charge in [-0.2, -0.15) is 4.98 Å². The van der Waals surface area contributed by atoms with E-state index in [0.717, 1.165) is 18.8 Å². The summed E-state index contributed by atoms with van der Waals surface area (Å²) >= 11 is 0. The third-order valence-corrected chi connectivity index (χ3v) is 9.60. The molecular weight excluding hydrogens is 893 g/mol. The number of amides is 2. The summed E-state index contributed by atoms with van der Waals surface area (Å²) in [5.41, 5.74) is -2.65. The lowest BCUT2D eigenvalue weighted by Crippen LogP contribution is -2.47. The van der Waals surface area contributed by atoms with E-state index in [0.29, 0.717) is 6.61 Å². The van der Waals surface area contributed by atoms with Crippen molar-refractivity contribution in [1.29, 1.82) is 0 Å². The molecule has 2 saturated heterocycles. The van der Waals surface area contributed by atoms with E-state index in [1.165, 1.54) is 36.1 Å². The fourth-order valence-electron chi connectivity index (χ4n) is 6.45. The van der Waals surface area contributed by atoms with E-state index in [-0.39, 0.29) is 73.0 Å². The van der Waals surface area contributed by atoms with E-state index in [1.54, 1.807) is 90.1 Å². The van der Waals surface area contributed by atoms with E-state index >= 15 is 0 Å². The largest absolute Gasteiger partial charge is 0.478 e. The van der Waals surface area contributed by atoms with Gasteiger partial charge >= 0.3 is 36.1 Å². The van der Waals surface area contributed by atoms with Crippen molar-refractivity contribution in [2.24, 2.45) is 7.05 Å². The van der Waals surface area contributed by atoms with Crippen molar-refractivity contribution in [2.75, 3.05) is 60.8 Å². The summed E-state index contributed by atoms with van der Waals surface area (Å²) < 4.78 is 48.7. The lowest BCUT2D eigenvalue weighted by atomic mass is 10.2. The number of methoxy groups -OCH3 is 3. The predicted octanol–water partition coefficient (Wildman–Crippen LogP) is 4.89. The fraction of sp³-hybridized carbons (Fsp3) is 0.435. The van der Waals surface area contributed by atoms with Crippen LogP contribution in [0.4, 0.5) is 9.59 Å². The monoisotopic (exact) mass is 946 g/mol. The number of hydrogen-bond acceptors (Lipinski definition) is 19. The van der Waals surface area contributed by atoms with Crippen LogP contribution in [0.1, 0.15) is 107 Å². The summed E-state index contributed by atoms with van der Waals surface area (Å²) in [7, 11) is 4.97. The predicted molar refractivity (Wildman–Crippen MR) is 237 cm³/mol. The van der Waals surface area contributed by atoms with Crippen molar-refractivity contribution in [3.63, 3.8) is 0 Å². The molecule has 2 aliphatic rings. The highest BCUT2D eigenvalue weighted by Crippen LogP contribution is 2.34. The summed E-state index contributed by atoms with van der Waals surface area (Å²) in [4.78, 5) is 105. The number of rotatable bonds is 9. The number of ether oxygens (including phenoxy) is 9. The number of morpholine rings is 2. The van der Waals surface area contributed by atoms with Crippen molar-refractivity contribution < 1.29 is 71.4 Å². The van der Waals surface area contributed by atoms with Crippen LogP contribution in [0, 0.1) is 0 Å². The fourth-order valence-corrected chi connectivity index (χ4v) is 6.45. The molecule has 4 heterocycles. The molecule has 22 heteroatoms. The molecule has 6 rings (SSSR count). The highest BCUT2D eigenvalue weighted by atomic mass is 16.6. The van der Waals surface area contributed by atoms with Crippen LogP contribution in [0.25, 0.3) is 0 Å². The molecule has 0 bridgehead atoms. The van der Waals surface area contributed by atoms with Crippen LogP contribution in [0.5, 0.6) is 17.4 Å². The molecular formula is C46H54N6O16. The first-order valence-electron chi connectivity index (χ1n) is 21.1. The molecule has 2 fully saturated rings. The van der Waals surface area contributed by atoms with Gasteiger partial charge in [0, 0.05) is 20.1 Å². The van der Waals surface area contributed by atoms with Gasteiger partial charge in [-0.3, -0.25) is 19.2 Å². The van der Waals surface area contributed by atoms with Crippen molar-refractivity contribution in [2.45, 2.75) is 64.8 Å². The number of aromatic nitrogens is 4. The van der Waals surface area contributed by atoms with Crippen LogP contribution in [0.2, 0.25) is 0 Å². The van der Waals surface area contributed by atoms with Crippen LogP contribution >= 0.6 is 0 Å². The second-order valence-electron chi connectivity index (χ2n) is 16.8. The second-order valence-corrected chi connectivity index (χ2v) is 16.8. The van der Waals surface area contributed by atoms with Gasteiger partial charge in [-0.25, -0.2) is 38.7 Å². The first kappa shape index (κ1) is 51.5. The van der Waals surface area contributed by atoms with Gasteiger partial charge in [0.2, 0.25) is 11.5 Å². The number of esters is 4. The molecule has 364 valence electrons. The zero-order valence-corrected chi connectivity index (χ0v) is 39.4. The summed E-state index contributed by atoms with van der Waals surface area (Å²) in [5, 5.41) is 0. The number of nitrogens with zero attached hydrogens (tertiary/aromatic N) is 6. The first-order valence-corrected chi connectivity index (χ1v) is 21.1. The molecule has 0 aliphatic carbocycles. The first-order chi connectivity index (χ1) is 32.2. The summed E-state index contributed by atoms with van der Waals surface area (Å²) in [6, 6.07) is 14.6. The number of benzene rings is 2. The van der Waals surface area contributed by atoms with Crippen LogP contribution in [-0.4, -0.2) is 137 Å². The topological polar surface area (TPSA) is 253 Å². The van der Waals surface area contributed by atoms with Crippen molar-refractivity contribution in [3.05, 3.63) is 105 Å². The van der Waals surface area contributed by atoms with E-state index in [1.807, 2.05) is 0 Å². The average Bonchev–Trinajstić information content (AvgIpc) is 3.32. The Balaban J connectivity index is 0.000000254. The Morgan fingerprint density at radius 3 is 1.50 bits per heavy atom. The minimum Gasteiger partial charge on any atom is -0.478 e. The van der Waals surface area contributed by atoms with Gasteiger partial charge in [-0.05, 0) is 65.8 Å². The van der Waals surface area contributed by atoms with E-state index in [4.69, 9.17) is 42.6 Å². The molecule has 0 spiro atoms. The lowest BCUT2D eigenvalue weighted by Gasteiger charge is -2.36. The van der Waals surface area contributed by atoms with E-state index in [9.17, 15) is 33.6 Å². The molecule has 2 atom stereocenters. The minimum atomic E-state index is -0.977. The number of carbonyl (C=O) groups excluding carboxylic acids is 6. The summed E-state index contributed by atoms with van der Waals surface area (Å²) in [5.74, 6) is -4.39. The highest BCUT2D eigenvalue weighted by molar-refractivity contribution is 5.96. The molecule has 2 aliphatic heterocycles. The highest BCUT2D eigenvalue weighted by Gasteiger charge is 2.38. The number of hydrogen-bond donors (Lipinski definition) is 0. The Bertz CT molecular complexity index is 2540. The Hall–Kier alpha value is -7.46. The lowest BCUT2D eigenvalue weighted by molar-refractivity contribution is -0.0361. The Morgan fingerprint density at radius 2 is 1.04 bits per heavy atom. The van der Waals surface area contributed by atoms with Gasteiger partial charge in [-0.15, -0.1) is 0 Å². The smallest absolute Gasteiger partial charge is 0.411 e. The van der Waals surface area contributed by atoms with Gasteiger partial charge in [0.25, 0.3) is 11.4 Å². The maximum Gasteiger partial charge on any atom is 0.411 e. The van der Waals surface area contributed by atoms with Crippen molar-refractivity contribution >= 4 is 36.1 Å². The van der Waals surface area contributed by atoms with Crippen LogP contribution < -0.4 is 19.8 Å². The second kappa shape index (κ2) is 22.4. The molecule has 0 saturated carbocycles. The molecule has 2 aromatic heterocycles. The SMILES string of the molecule is COC(=O)c1nc(C2COCCN2C(=O)OC(C)(C)C)n(C)c(=O)c1OC(=O)c1ccccc1.COC(=O)c1nc(C2COCCN2C(=O)OC(C)(C)C)nc(OC)c1OC(=O)c1ccccc1. The van der Waals surface area contributed by atoms with Crippen molar-refractivity contribution in [1.82, 2.24) is 29.3 Å². The third-order valence-electron chi connectivity index (χ3n) is 9.60. The van der Waals surface area contributed by atoms with Crippen molar-refractivity contribution in [3.8, 4) is 17.4 Å². The molecule has 4 aromatic rings. The molecule has 22 nitrogen and oxygen atoms in total. The van der Waals surface area contributed by atoms with E-state index in [2.05, 4.69) is 15.0 Å². The minimum absolute atomic E-state index is 0.0171. The molecule has 68 heavy (non-hydrogen) atoms. The average molecular weight is 947 g/mol. The Labute approximate surface area is 391 Å². The third kappa shape index (κ3) is 12.9. The van der Waals surface area contributed by atoms with Gasteiger partial charge < -0.3 is 42.6 Å². The van der Waals surface area contributed by atoms with Gasteiger partial charge in [0.05, 0.1) is 58.9 Å². The van der Waals surface area contributed by atoms with E-state index < -0.39 is 76.4 Å². The quantitative estimate of drug-likeness (QED) is 0.160. The van der Waals surface area contributed by atoms with Crippen LogP contribution in [-0.2, 0) is 35.5 Å². The summed E-state index contributed by atoms with van der Waals surface area (Å²) in [6.45, 7) is 11.5. The number of carbonyl (C=O) groups is 6. The van der Waals surface area contributed by atoms with Gasteiger partial charge in [0.1, 0.15) is 29.1 Å². The van der Waals surface area contributed by atoms with Gasteiger partial charge in [-0.1, -0.05) is 36.4 Å². The maximum absolute atomic E-state index is 13.2. The zero-order chi connectivity index (χ0) is 49.9. The zero-order valence-electron chi connectivity index (χ0n) is 39.4. The summed E-state index contributed by atoms with van der Waals surface area (Å²) in [6.07, 6.45) is -1.20. The molecule has 2 aromatic carbocycles. The standard InChI is InChI=1S/2C23H27N3O8/c1-23(2,3)34-22(29)26-11-12-32-13-15(26)18-24-16(21(28)31-5)17(19(25-18)30-4)33-20(27)14-9-7-6-8-10-14;1-23(2,3)34-22(30)26-11-12-32-13-15(26)18-24-16(21(29)31-5)17(19(27)25(18)4)33-20(28)14-9-7-6-8-10-14/h2*6-10,15H,11-13H2,1-5H3. The van der Waals surface area contributed by atoms with Gasteiger partial charge in [0.15, 0.2) is 17.2 Å². The Kier molecular flexibility index (Phi) is 16.9. The van der Waals surface area contributed by atoms with Crippen LogP contribution in [0.15, 0.2) is 65.5 Å². The maximum atomic E-state index is 13.2. The molecule has 0 radical (unpaired) electrons. The Morgan fingerprint density at radius 1 is 0.603 bits per heavy atom. The van der Waals surface area contributed by atoms with Crippen LogP contribution in [0.3, 0.4) is 0 Å². The molecule has 0 N–H and O–H groups in total.